The largest absolute Gasteiger partial charge is 0.339 e. The van der Waals surface area contributed by atoms with E-state index in [9.17, 15) is 0 Å². The fourth-order valence-electron chi connectivity index (χ4n) is 3.59. The van der Waals surface area contributed by atoms with Crippen molar-refractivity contribution in [1.29, 1.82) is 0 Å². The van der Waals surface area contributed by atoms with Crippen molar-refractivity contribution < 1.29 is 4.52 Å². The summed E-state index contributed by atoms with van der Waals surface area (Å²) in [7, 11) is 0. The fourth-order valence-corrected chi connectivity index (χ4v) is 3.59. The molecule has 0 aliphatic heterocycles. The van der Waals surface area contributed by atoms with Gasteiger partial charge in [-0.3, -0.25) is 0 Å². The third-order valence-corrected chi connectivity index (χ3v) is 4.44. The second-order valence-corrected chi connectivity index (χ2v) is 5.64. The maximum atomic E-state index is 5.47. The first kappa shape index (κ1) is 11.2. The van der Waals surface area contributed by atoms with Crippen molar-refractivity contribution in [2.75, 3.05) is 6.54 Å². The summed E-state index contributed by atoms with van der Waals surface area (Å²) >= 11 is 0. The Morgan fingerprint density at radius 2 is 2.24 bits per heavy atom. The first-order valence-corrected chi connectivity index (χ1v) is 6.86. The van der Waals surface area contributed by atoms with Crippen LogP contribution in [0, 0.1) is 17.8 Å². The molecule has 0 aromatic carbocycles. The molecule has 4 nitrogen and oxygen atoms in total. The molecule has 0 spiro atoms. The van der Waals surface area contributed by atoms with Crippen LogP contribution in [-0.4, -0.2) is 16.7 Å². The maximum absolute atomic E-state index is 5.47. The minimum Gasteiger partial charge on any atom is -0.339 e. The van der Waals surface area contributed by atoms with Crippen molar-refractivity contribution >= 4 is 0 Å². The lowest BCUT2D eigenvalue weighted by Gasteiger charge is -2.19. The Morgan fingerprint density at radius 1 is 1.29 bits per heavy atom. The van der Waals surface area contributed by atoms with Crippen LogP contribution in [0.2, 0.25) is 0 Å². The van der Waals surface area contributed by atoms with E-state index in [0.29, 0.717) is 6.54 Å². The molecule has 2 aliphatic rings. The monoisotopic (exact) mass is 235 g/mol. The fraction of sp³-hybridized carbons (Fsp3) is 0.846. The zero-order valence-electron chi connectivity index (χ0n) is 10.3. The maximum Gasteiger partial charge on any atom is 0.226 e. The van der Waals surface area contributed by atoms with Gasteiger partial charge in [-0.25, -0.2) is 0 Å². The highest BCUT2D eigenvalue weighted by Crippen LogP contribution is 2.49. The molecule has 17 heavy (non-hydrogen) atoms. The number of nitrogens with two attached hydrogens (primary N) is 1. The van der Waals surface area contributed by atoms with E-state index in [-0.39, 0.29) is 0 Å². The molecular weight excluding hydrogens is 214 g/mol. The summed E-state index contributed by atoms with van der Waals surface area (Å²) in [6, 6.07) is 0. The van der Waals surface area contributed by atoms with E-state index in [1.165, 1.54) is 25.7 Å². The van der Waals surface area contributed by atoms with Gasteiger partial charge in [0.15, 0.2) is 5.82 Å². The topological polar surface area (TPSA) is 64.9 Å². The number of hydrogen-bond donors (Lipinski definition) is 1. The zero-order chi connectivity index (χ0) is 11.7. The first-order valence-electron chi connectivity index (χ1n) is 6.86. The number of nitrogens with zero attached hydrogens (tertiary/aromatic N) is 2. The van der Waals surface area contributed by atoms with Gasteiger partial charge in [0.2, 0.25) is 5.89 Å². The molecule has 1 heterocycles. The lowest BCUT2D eigenvalue weighted by molar-refractivity contribution is 0.287. The Kier molecular flexibility index (Phi) is 3.14. The van der Waals surface area contributed by atoms with E-state index in [1.807, 2.05) is 0 Å². The van der Waals surface area contributed by atoms with Crippen LogP contribution in [0.5, 0.6) is 0 Å². The molecular formula is C13H21N3O. The highest BCUT2D eigenvalue weighted by Gasteiger charge is 2.39. The average Bonchev–Trinajstić information content (AvgIpc) is 3.02. The summed E-state index contributed by atoms with van der Waals surface area (Å²) in [5, 5.41) is 4.02. The van der Waals surface area contributed by atoms with Crippen LogP contribution in [0.15, 0.2) is 4.52 Å². The van der Waals surface area contributed by atoms with Crippen LogP contribution in [0.1, 0.15) is 43.8 Å². The molecule has 2 saturated carbocycles. The molecule has 4 heteroatoms. The highest BCUT2D eigenvalue weighted by molar-refractivity contribution is 4.95. The second-order valence-electron chi connectivity index (χ2n) is 5.64. The van der Waals surface area contributed by atoms with Gasteiger partial charge in [0.05, 0.1) is 0 Å². The number of aromatic nitrogens is 2. The van der Waals surface area contributed by atoms with Gasteiger partial charge < -0.3 is 10.3 Å². The lowest BCUT2D eigenvalue weighted by atomic mass is 9.86. The summed E-state index contributed by atoms with van der Waals surface area (Å²) in [4.78, 5) is 4.46. The molecule has 0 amide bonds. The summed E-state index contributed by atoms with van der Waals surface area (Å²) < 4.78 is 5.33. The predicted octanol–water partition coefficient (Wildman–Crippen LogP) is 1.94. The summed E-state index contributed by atoms with van der Waals surface area (Å²) in [6.45, 7) is 0.691. The van der Waals surface area contributed by atoms with E-state index in [0.717, 1.165) is 48.7 Å². The van der Waals surface area contributed by atoms with Crippen molar-refractivity contribution in [3.63, 3.8) is 0 Å². The summed E-state index contributed by atoms with van der Waals surface area (Å²) in [5.41, 5.74) is 5.47. The number of rotatable bonds is 5. The summed E-state index contributed by atoms with van der Waals surface area (Å²) in [6.07, 6.45) is 8.47. The van der Waals surface area contributed by atoms with Crippen LogP contribution in [0.25, 0.3) is 0 Å². The number of hydrogen-bond acceptors (Lipinski definition) is 4. The van der Waals surface area contributed by atoms with Gasteiger partial charge in [-0.2, -0.15) is 4.98 Å². The van der Waals surface area contributed by atoms with Crippen LogP contribution in [-0.2, 0) is 12.8 Å². The van der Waals surface area contributed by atoms with E-state index >= 15 is 0 Å². The van der Waals surface area contributed by atoms with Crippen LogP contribution >= 0.6 is 0 Å². The molecule has 2 N–H and O–H groups in total. The SMILES string of the molecule is NCCCc1noc(CC2CC3CCC2C3)n1. The molecule has 94 valence electrons. The van der Waals surface area contributed by atoms with Crippen molar-refractivity contribution in [3.05, 3.63) is 11.7 Å². The van der Waals surface area contributed by atoms with Crippen LogP contribution in [0.4, 0.5) is 0 Å². The average molecular weight is 235 g/mol. The standard InChI is InChI=1S/C13H21N3O/c14-5-1-2-12-15-13(17-16-12)8-11-7-9-3-4-10(11)6-9/h9-11H,1-8,14H2. The van der Waals surface area contributed by atoms with Crippen molar-refractivity contribution in [1.82, 2.24) is 10.1 Å². The van der Waals surface area contributed by atoms with Gasteiger partial charge >= 0.3 is 0 Å². The van der Waals surface area contributed by atoms with E-state index in [4.69, 9.17) is 10.3 Å². The predicted molar refractivity (Wildman–Crippen MR) is 64.3 cm³/mol. The van der Waals surface area contributed by atoms with Crippen molar-refractivity contribution in [2.45, 2.75) is 44.9 Å². The molecule has 3 atom stereocenters. The molecule has 0 radical (unpaired) electrons. The quantitative estimate of drug-likeness (QED) is 0.847. The molecule has 2 fully saturated rings. The first-order chi connectivity index (χ1) is 8.35. The lowest BCUT2D eigenvalue weighted by Crippen LogP contribution is -2.13. The third-order valence-electron chi connectivity index (χ3n) is 4.44. The van der Waals surface area contributed by atoms with Crippen molar-refractivity contribution in [3.8, 4) is 0 Å². The van der Waals surface area contributed by atoms with Gasteiger partial charge in [-0.15, -0.1) is 0 Å². The Hall–Kier alpha value is -0.900. The molecule has 0 saturated heterocycles. The smallest absolute Gasteiger partial charge is 0.226 e. The molecule has 2 aliphatic carbocycles. The Bertz CT molecular complexity index is 376. The molecule has 3 rings (SSSR count). The van der Waals surface area contributed by atoms with E-state index in [2.05, 4.69) is 10.1 Å². The molecule has 1 aromatic heterocycles. The van der Waals surface area contributed by atoms with Crippen LogP contribution < -0.4 is 5.73 Å². The molecule has 1 aromatic rings. The normalized spacial score (nSPS) is 31.2. The van der Waals surface area contributed by atoms with Crippen molar-refractivity contribution in [2.24, 2.45) is 23.5 Å². The number of fused-ring (bicyclic) bond motifs is 2. The van der Waals surface area contributed by atoms with Gasteiger partial charge in [-0.1, -0.05) is 11.6 Å². The second kappa shape index (κ2) is 4.77. The van der Waals surface area contributed by atoms with Gasteiger partial charge in [-0.05, 0) is 50.0 Å². The Labute approximate surface area is 102 Å². The van der Waals surface area contributed by atoms with Gasteiger partial charge in [0, 0.05) is 12.8 Å². The van der Waals surface area contributed by atoms with E-state index in [1.54, 1.807) is 0 Å². The van der Waals surface area contributed by atoms with Gasteiger partial charge in [0.25, 0.3) is 0 Å². The third kappa shape index (κ3) is 2.37. The molecule has 2 bridgehead atoms. The minimum absolute atomic E-state index is 0.691. The van der Waals surface area contributed by atoms with E-state index < -0.39 is 0 Å². The Balaban J connectivity index is 1.56. The number of aryl methyl sites for hydroxylation is 1. The minimum atomic E-state index is 0.691. The Morgan fingerprint density at radius 3 is 2.94 bits per heavy atom. The van der Waals surface area contributed by atoms with Gasteiger partial charge in [0.1, 0.15) is 0 Å². The highest BCUT2D eigenvalue weighted by atomic mass is 16.5. The molecule has 3 unspecified atom stereocenters. The summed E-state index contributed by atoms with van der Waals surface area (Å²) in [5.74, 6) is 4.39. The zero-order valence-corrected chi connectivity index (χ0v) is 10.3. The van der Waals surface area contributed by atoms with Crippen LogP contribution in [0.3, 0.4) is 0 Å².